The fourth-order valence-electron chi connectivity index (χ4n) is 2.42. The van der Waals surface area contributed by atoms with Crippen LogP contribution >= 0.6 is 11.6 Å². The summed E-state index contributed by atoms with van der Waals surface area (Å²) in [5, 5.41) is 10.8. The summed E-state index contributed by atoms with van der Waals surface area (Å²) in [7, 11) is -4.48. The van der Waals surface area contributed by atoms with Crippen molar-refractivity contribution in [2.24, 2.45) is 0 Å². The summed E-state index contributed by atoms with van der Waals surface area (Å²) in [4.78, 5) is 9.81. The van der Waals surface area contributed by atoms with Crippen LogP contribution in [0.3, 0.4) is 0 Å². The summed E-state index contributed by atoms with van der Waals surface area (Å²) in [5.74, 6) is 0. The van der Waals surface area contributed by atoms with E-state index in [9.17, 15) is 31.7 Å². The number of hydrogen-bond donors (Lipinski definition) is 0. The number of nitro benzene ring substituents is 1. The van der Waals surface area contributed by atoms with Gasteiger partial charge in [0.15, 0.2) is 0 Å². The first-order valence-electron chi connectivity index (χ1n) is 7.65. The Morgan fingerprint density at radius 1 is 1.25 bits per heavy atom. The average Bonchev–Trinajstić information content (AvgIpc) is 2.59. The largest absolute Gasteiger partial charge is 0.416 e. The van der Waals surface area contributed by atoms with Gasteiger partial charge in [0.25, 0.3) is 15.7 Å². The molecule has 0 aliphatic rings. The second kappa shape index (κ2) is 7.80. The summed E-state index contributed by atoms with van der Waals surface area (Å²) < 4.78 is 66.1. The quantitative estimate of drug-likeness (QED) is 0.365. The van der Waals surface area contributed by atoms with E-state index in [-0.39, 0.29) is 10.6 Å². The van der Waals surface area contributed by atoms with Crippen LogP contribution in [0.2, 0.25) is 5.02 Å². The smallest absolute Gasteiger partial charge is 0.261 e. The number of nitro groups is 1. The third kappa shape index (κ3) is 4.28. The van der Waals surface area contributed by atoms with Gasteiger partial charge in [0.1, 0.15) is 0 Å². The first-order valence-corrected chi connectivity index (χ1v) is 9.47. The molecule has 0 amide bonds. The van der Waals surface area contributed by atoms with Gasteiger partial charge in [-0.25, -0.2) is 8.42 Å². The highest BCUT2D eigenvalue weighted by Gasteiger charge is 2.34. The molecule has 2 aromatic rings. The maximum atomic E-state index is 13.1. The molecule has 0 fully saturated rings. The van der Waals surface area contributed by atoms with E-state index in [4.69, 9.17) is 11.6 Å². The Hall–Kier alpha value is -2.59. The average molecular weight is 435 g/mol. The summed E-state index contributed by atoms with van der Waals surface area (Å²) in [6.07, 6.45) is -3.55. The van der Waals surface area contributed by atoms with E-state index in [1.807, 2.05) is 0 Å². The van der Waals surface area contributed by atoms with E-state index < -0.39 is 49.5 Å². The van der Waals surface area contributed by atoms with E-state index in [2.05, 4.69) is 6.58 Å². The van der Waals surface area contributed by atoms with Crippen LogP contribution < -0.4 is 4.31 Å². The van der Waals surface area contributed by atoms with Crippen molar-refractivity contribution in [2.45, 2.75) is 18.0 Å². The van der Waals surface area contributed by atoms with Crippen molar-refractivity contribution in [1.29, 1.82) is 0 Å². The molecule has 0 aliphatic carbocycles. The molecule has 0 saturated carbocycles. The molecular weight excluding hydrogens is 421 g/mol. The van der Waals surface area contributed by atoms with E-state index in [1.54, 1.807) is 0 Å². The van der Waals surface area contributed by atoms with Crippen molar-refractivity contribution in [3.63, 3.8) is 0 Å². The van der Waals surface area contributed by atoms with Gasteiger partial charge < -0.3 is 0 Å². The van der Waals surface area contributed by atoms with Gasteiger partial charge in [0, 0.05) is 12.1 Å². The number of sulfonamides is 1. The molecule has 150 valence electrons. The maximum Gasteiger partial charge on any atom is 0.416 e. The molecule has 0 spiro atoms. The molecular formula is C17H14ClF3N2O4S. The Kier molecular flexibility index (Phi) is 6.05. The Morgan fingerprint density at radius 3 is 2.43 bits per heavy atom. The summed E-state index contributed by atoms with van der Waals surface area (Å²) in [6.45, 7) is 4.44. The molecule has 28 heavy (non-hydrogen) atoms. The minimum atomic E-state index is -4.72. The number of alkyl halides is 3. The number of halogens is 4. The second-order valence-electron chi connectivity index (χ2n) is 5.70. The highest BCUT2D eigenvalue weighted by Crippen LogP contribution is 2.38. The molecule has 0 aromatic heterocycles. The van der Waals surface area contributed by atoms with E-state index in [1.165, 1.54) is 19.1 Å². The van der Waals surface area contributed by atoms with Crippen LogP contribution in [-0.2, 0) is 16.2 Å². The Labute approximate surface area is 164 Å². The second-order valence-corrected chi connectivity index (χ2v) is 7.93. The lowest BCUT2D eigenvalue weighted by molar-refractivity contribution is -0.385. The highest BCUT2D eigenvalue weighted by molar-refractivity contribution is 7.93. The van der Waals surface area contributed by atoms with Gasteiger partial charge in [0.05, 0.1) is 32.6 Å². The number of non-ortho nitro benzene ring substituents is 1. The third-order valence-corrected chi connectivity index (χ3v) is 6.03. The van der Waals surface area contributed by atoms with Crippen molar-refractivity contribution < 1.29 is 26.5 Å². The first kappa shape index (κ1) is 21.7. The number of rotatable bonds is 6. The van der Waals surface area contributed by atoms with Crippen LogP contribution in [-0.4, -0.2) is 19.9 Å². The number of hydrogen-bond acceptors (Lipinski definition) is 4. The molecule has 0 saturated heterocycles. The Balaban J connectivity index is 2.72. The number of nitrogens with zero attached hydrogens (tertiary/aromatic N) is 2. The fourth-order valence-corrected chi connectivity index (χ4v) is 4.39. The van der Waals surface area contributed by atoms with Crippen LogP contribution in [0.15, 0.2) is 53.9 Å². The lowest BCUT2D eigenvalue weighted by Gasteiger charge is -2.25. The molecule has 0 unspecified atom stereocenters. The van der Waals surface area contributed by atoms with Gasteiger partial charge in [-0.15, -0.1) is 6.58 Å². The monoisotopic (exact) mass is 434 g/mol. The van der Waals surface area contributed by atoms with Gasteiger partial charge >= 0.3 is 6.18 Å². The molecule has 11 heteroatoms. The predicted octanol–water partition coefficient (Wildman–Crippen LogP) is 4.96. The molecule has 2 aromatic carbocycles. The van der Waals surface area contributed by atoms with Gasteiger partial charge in [-0.2, -0.15) is 13.2 Å². The topological polar surface area (TPSA) is 80.5 Å². The van der Waals surface area contributed by atoms with Gasteiger partial charge in [-0.1, -0.05) is 23.7 Å². The highest BCUT2D eigenvalue weighted by atomic mass is 35.5. The molecule has 0 N–H and O–H groups in total. The van der Waals surface area contributed by atoms with Gasteiger partial charge in [0.2, 0.25) is 0 Å². The Morgan fingerprint density at radius 2 is 1.89 bits per heavy atom. The minimum Gasteiger partial charge on any atom is -0.261 e. The van der Waals surface area contributed by atoms with Crippen LogP contribution in [0.25, 0.3) is 0 Å². The van der Waals surface area contributed by atoms with Crippen molar-refractivity contribution in [3.05, 3.63) is 75.3 Å². The zero-order valence-corrected chi connectivity index (χ0v) is 16.0. The summed E-state index contributed by atoms with van der Waals surface area (Å²) in [5.41, 5.74) is -1.80. The van der Waals surface area contributed by atoms with Crippen molar-refractivity contribution in [3.8, 4) is 0 Å². The van der Waals surface area contributed by atoms with E-state index in [0.717, 1.165) is 24.3 Å². The van der Waals surface area contributed by atoms with Crippen LogP contribution in [0.4, 0.5) is 24.5 Å². The first-order chi connectivity index (χ1) is 12.9. The zero-order valence-electron chi connectivity index (χ0n) is 14.4. The molecule has 0 radical (unpaired) electrons. The standard InChI is InChI=1S/C17H14ClF3N2O4S/c1-3-8-22(15-9-12(17(19,20)21)5-7-14(15)18)28(26,27)16-10-13(23(24)25)6-4-11(16)2/h3-7,9-10H,1,8H2,2H3. The zero-order chi connectivity index (χ0) is 21.3. The van der Waals surface area contributed by atoms with Crippen molar-refractivity contribution >= 4 is 33.0 Å². The van der Waals surface area contributed by atoms with Crippen LogP contribution in [0.5, 0.6) is 0 Å². The van der Waals surface area contributed by atoms with E-state index in [0.29, 0.717) is 10.4 Å². The predicted molar refractivity (Wildman–Crippen MR) is 99.0 cm³/mol. The number of benzene rings is 2. The van der Waals surface area contributed by atoms with E-state index >= 15 is 0 Å². The SMILES string of the molecule is C=CCN(c1cc(C(F)(F)F)ccc1Cl)S(=O)(=O)c1cc([N+](=O)[O-])ccc1C. The van der Waals surface area contributed by atoms with Crippen LogP contribution in [0.1, 0.15) is 11.1 Å². The van der Waals surface area contributed by atoms with Crippen LogP contribution in [0, 0.1) is 17.0 Å². The molecule has 0 atom stereocenters. The summed E-state index contributed by atoms with van der Waals surface area (Å²) in [6, 6.07) is 5.49. The van der Waals surface area contributed by atoms with Crippen molar-refractivity contribution in [1.82, 2.24) is 0 Å². The van der Waals surface area contributed by atoms with Gasteiger partial charge in [-0.05, 0) is 30.7 Å². The molecule has 0 aliphatic heterocycles. The third-order valence-electron chi connectivity index (χ3n) is 3.79. The minimum absolute atomic E-state index is 0.183. The molecule has 0 heterocycles. The fraction of sp³-hybridized carbons (Fsp3) is 0.176. The normalized spacial score (nSPS) is 11.9. The lowest BCUT2D eigenvalue weighted by Crippen LogP contribution is -2.32. The Bertz CT molecular complexity index is 1040. The molecule has 0 bridgehead atoms. The number of anilines is 1. The van der Waals surface area contributed by atoms with Gasteiger partial charge in [-0.3, -0.25) is 14.4 Å². The number of aryl methyl sites for hydroxylation is 1. The molecule has 2 rings (SSSR count). The lowest BCUT2D eigenvalue weighted by atomic mass is 10.2. The molecule has 6 nitrogen and oxygen atoms in total. The van der Waals surface area contributed by atoms with Crippen molar-refractivity contribution in [2.75, 3.05) is 10.8 Å². The summed E-state index contributed by atoms with van der Waals surface area (Å²) >= 11 is 5.98. The maximum absolute atomic E-state index is 13.1.